The lowest BCUT2D eigenvalue weighted by Gasteiger charge is -2.33. The summed E-state index contributed by atoms with van der Waals surface area (Å²) in [6.45, 7) is 4.99. The third-order valence-electron chi connectivity index (χ3n) is 6.23. The maximum Gasteiger partial charge on any atom is 0.233 e. The number of aromatic amines is 2. The van der Waals surface area contributed by atoms with Crippen LogP contribution in [0.15, 0.2) is 41.8 Å². The lowest BCUT2D eigenvalue weighted by Crippen LogP contribution is -2.44. The van der Waals surface area contributed by atoms with Crippen molar-refractivity contribution in [2.24, 2.45) is 0 Å². The quantitative estimate of drug-likeness (QED) is 0.279. The van der Waals surface area contributed by atoms with Crippen LogP contribution < -0.4 is 15.0 Å². The van der Waals surface area contributed by atoms with Crippen molar-refractivity contribution in [2.45, 2.75) is 6.92 Å². The number of halogens is 2. The molecule has 0 atom stereocenters. The van der Waals surface area contributed by atoms with Crippen LogP contribution in [0.1, 0.15) is 5.69 Å². The van der Waals surface area contributed by atoms with Crippen LogP contribution in [0.2, 0.25) is 0 Å². The van der Waals surface area contributed by atoms with Gasteiger partial charge < -0.3 is 24.8 Å². The zero-order chi connectivity index (χ0) is 25.5. The average Bonchev–Trinajstić information content (AvgIpc) is 3.63. The first-order chi connectivity index (χ1) is 17.9. The Kier molecular flexibility index (Phi) is 5.97. The van der Waals surface area contributed by atoms with Gasteiger partial charge >= 0.3 is 0 Å². The molecular formula is C25H24F2N8OS. The van der Waals surface area contributed by atoms with E-state index in [1.807, 2.05) is 23.6 Å². The number of aromatic nitrogens is 5. The Balaban J connectivity index is 1.35. The fourth-order valence-corrected chi connectivity index (χ4v) is 4.99. The van der Waals surface area contributed by atoms with Crippen LogP contribution in [-0.2, 0) is 0 Å². The average molecular weight is 523 g/mol. The molecule has 0 radical (unpaired) electrons. The standard InChI is InChI=1S/C25H24F2N8OS/c1-14-10-15-17(28-14)11-16(26)24(23(15)27)36-22-13-21(35-7-5-34(2)6-8-35)30-25(31-22)29-20-12-18(32-33-20)19-4-3-9-37-19/h3-4,9-13,28H,5-8H2,1-2H3,(H2,29,30,31,32,33). The molecule has 0 spiro atoms. The molecule has 0 bridgehead atoms. The molecule has 0 unspecified atom stereocenters. The van der Waals surface area contributed by atoms with Crippen molar-refractivity contribution in [1.82, 2.24) is 30.0 Å². The first kappa shape index (κ1) is 23.4. The lowest BCUT2D eigenvalue weighted by molar-refractivity contribution is 0.312. The predicted octanol–water partition coefficient (Wildman–Crippen LogP) is 5.28. The number of likely N-dealkylation sites (N-methyl/N-ethyl adjacent to an activating group) is 1. The number of anilines is 3. The minimum atomic E-state index is -0.825. The van der Waals surface area contributed by atoms with Crippen LogP contribution >= 0.6 is 11.3 Å². The summed E-state index contributed by atoms with van der Waals surface area (Å²) >= 11 is 1.59. The van der Waals surface area contributed by atoms with E-state index >= 15 is 4.39 Å². The molecule has 0 amide bonds. The number of hydrogen-bond acceptors (Lipinski definition) is 8. The third-order valence-corrected chi connectivity index (χ3v) is 7.14. The van der Waals surface area contributed by atoms with Crippen LogP contribution in [0.25, 0.3) is 21.5 Å². The SMILES string of the molecule is Cc1cc2c(F)c(Oc3cc(N4CCN(C)CC4)nc(Nc4cc(-c5cccs5)[nH]n4)n3)c(F)cc2[nH]1. The highest BCUT2D eigenvalue weighted by molar-refractivity contribution is 7.13. The summed E-state index contributed by atoms with van der Waals surface area (Å²) in [7, 11) is 2.06. The molecule has 5 heterocycles. The number of aryl methyl sites for hydroxylation is 1. The fraction of sp³-hybridized carbons (Fsp3) is 0.240. The fourth-order valence-electron chi connectivity index (χ4n) is 4.30. The molecule has 0 aliphatic carbocycles. The van der Waals surface area contributed by atoms with E-state index in [-0.39, 0.29) is 17.2 Å². The largest absolute Gasteiger partial charge is 0.433 e. The third kappa shape index (κ3) is 4.72. The van der Waals surface area contributed by atoms with Crippen molar-refractivity contribution in [3.05, 3.63) is 59.1 Å². The van der Waals surface area contributed by atoms with Gasteiger partial charge in [0.1, 0.15) is 5.82 Å². The number of benzene rings is 1. The maximum absolute atomic E-state index is 15.2. The molecule has 190 valence electrons. The number of nitrogens with zero attached hydrogens (tertiary/aromatic N) is 5. The monoisotopic (exact) mass is 522 g/mol. The van der Waals surface area contributed by atoms with Crippen molar-refractivity contribution in [1.29, 1.82) is 0 Å². The molecule has 6 rings (SSSR count). The van der Waals surface area contributed by atoms with Gasteiger partial charge in [-0.25, -0.2) is 8.78 Å². The van der Waals surface area contributed by atoms with Crippen molar-refractivity contribution in [2.75, 3.05) is 43.4 Å². The van der Waals surface area contributed by atoms with E-state index in [4.69, 9.17) is 4.74 Å². The van der Waals surface area contributed by atoms with Crippen LogP contribution in [0.5, 0.6) is 11.6 Å². The van der Waals surface area contributed by atoms with E-state index in [2.05, 4.69) is 47.3 Å². The van der Waals surface area contributed by atoms with Gasteiger partial charge in [0.05, 0.1) is 16.1 Å². The molecule has 5 aromatic rings. The smallest absolute Gasteiger partial charge is 0.233 e. The van der Waals surface area contributed by atoms with Crippen LogP contribution in [0, 0.1) is 18.6 Å². The van der Waals surface area contributed by atoms with Gasteiger partial charge in [-0.3, -0.25) is 5.10 Å². The Bertz CT molecular complexity index is 1560. The van der Waals surface area contributed by atoms with Crippen LogP contribution in [-0.4, -0.2) is 63.3 Å². The highest BCUT2D eigenvalue weighted by atomic mass is 32.1. The molecule has 37 heavy (non-hydrogen) atoms. The summed E-state index contributed by atoms with van der Waals surface area (Å²) in [6, 6.07) is 10.2. The molecule has 0 saturated carbocycles. The van der Waals surface area contributed by atoms with Gasteiger partial charge in [-0.15, -0.1) is 11.3 Å². The highest BCUT2D eigenvalue weighted by Crippen LogP contribution is 2.34. The zero-order valence-corrected chi connectivity index (χ0v) is 21.0. The van der Waals surface area contributed by atoms with Gasteiger partial charge in [-0.05, 0) is 31.5 Å². The minimum absolute atomic E-state index is 0.0184. The lowest BCUT2D eigenvalue weighted by atomic mass is 10.2. The van der Waals surface area contributed by atoms with Gasteiger partial charge in [0.2, 0.25) is 17.6 Å². The molecule has 1 aliphatic heterocycles. The molecule has 1 aliphatic rings. The zero-order valence-electron chi connectivity index (χ0n) is 20.2. The van der Waals surface area contributed by atoms with Gasteiger partial charge in [0, 0.05) is 55.5 Å². The summed E-state index contributed by atoms with van der Waals surface area (Å²) < 4.78 is 35.9. The van der Waals surface area contributed by atoms with E-state index in [9.17, 15) is 4.39 Å². The maximum atomic E-state index is 15.2. The first-order valence-corrected chi connectivity index (χ1v) is 12.6. The Morgan fingerprint density at radius 1 is 1.08 bits per heavy atom. The van der Waals surface area contributed by atoms with E-state index in [0.717, 1.165) is 42.4 Å². The van der Waals surface area contributed by atoms with E-state index < -0.39 is 17.4 Å². The van der Waals surface area contributed by atoms with Crippen LogP contribution in [0.4, 0.5) is 26.4 Å². The highest BCUT2D eigenvalue weighted by Gasteiger charge is 2.22. The van der Waals surface area contributed by atoms with E-state index in [0.29, 0.717) is 17.2 Å². The predicted molar refractivity (Wildman–Crippen MR) is 140 cm³/mol. The number of rotatable bonds is 6. The number of H-pyrrole nitrogens is 2. The Morgan fingerprint density at radius 2 is 1.92 bits per heavy atom. The number of nitrogens with one attached hydrogen (secondary N) is 3. The molecular weight excluding hydrogens is 498 g/mol. The van der Waals surface area contributed by atoms with Gasteiger partial charge in [0.25, 0.3) is 0 Å². The molecule has 1 fully saturated rings. The molecule has 3 N–H and O–H groups in total. The van der Waals surface area contributed by atoms with Crippen LogP contribution in [0.3, 0.4) is 0 Å². The number of hydrogen-bond donors (Lipinski definition) is 3. The molecule has 1 saturated heterocycles. The van der Waals surface area contributed by atoms with Crippen molar-refractivity contribution >= 4 is 39.8 Å². The second kappa shape index (κ2) is 9.45. The Labute approximate surface area is 215 Å². The van der Waals surface area contributed by atoms with Gasteiger partial charge in [-0.1, -0.05) is 6.07 Å². The molecule has 9 nitrogen and oxygen atoms in total. The summed E-state index contributed by atoms with van der Waals surface area (Å²) in [5.74, 6) is -0.809. The number of ether oxygens (including phenoxy) is 1. The number of piperazine rings is 1. The minimum Gasteiger partial charge on any atom is -0.433 e. The second-order valence-electron chi connectivity index (χ2n) is 8.96. The summed E-state index contributed by atoms with van der Waals surface area (Å²) in [5, 5.41) is 12.6. The van der Waals surface area contributed by atoms with Gasteiger partial charge in [-0.2, -0.15) is 15.1 Å². The van der Waals surface area contributed by atoms with Crippen molar-refractivity contribution < 1.29 is 13.5 Å². The van der Waals surface area contributed by atoms with E-state index in [1.165, 1.54) is 6.07 Å². The summed E-state index contributed by atoms with van der Waals surface area (Å²) in [5.41, 5.74) is 1.93. The molecule has 12 heteroatoms. The Morgan fingerprint density at radius 3 is 2.70 bits per heavy atom. The Hall–Kier alpha value is -4.03. The van der Waals surface area contributed by atoms with Gasteiger partial charge in [0.15, 0.2) is 17.5 Å². The van der Waals surface area contributed by atoms with Crippen molar-refractivity contribution in [3.8, 4) is 22.2 Å². The normalized spacial score (nSPS) is 14.4. The van der Waals surface area contributed by atoms with Crippen molar-refractivity contribution in [3.63, 3.8) is 0 Å². The number of thiophene rings is 1. The topological polar surface area (TPSA) is 98.0 Å². The second-order valence-corrected chi connectivity index (χ2v) is 9.91. The number of fused-ring (bicyclic) bond motifs is 1. The summed E-state index contributed by atoms with van der Waals surface area (Å²) in [4.78, 5) is 17.3. The molecule has 4 aromatic heterocycles. The molecule has 1 aromatic carbocycles. The van der Waals surface area contributed by atoms with E-state index in [1.54, 1.807) is 30.4 Å². The first-order valence-electron chi connectivity index (χ1n) is 11.8. The summed E-state index contributed by atoms with van der Waals surface area (Å²) in [6.07, 6.45) is 0.